The summed E-state index contributed by atoms with van der Waals surface area (Å²) in [4.78, 5) is 41.8. The van der Waals surface area contributed by atoms with Crippen LogP contribution in [0.4, 0.5) is 10.5 Å². The number of imidazole rings is 1. The highest BCUT2D eigenvalue weighted by molar-refractivity contribution is 5.79. The fraction of sp³-hybridized carbons (Fsp3) is 0.357. The predicted octanol–water partition coefficient (Wildman–Crippen LogP) is 1.09. The molecule has 1 aromatic carbocycles. The van der Waals surface area contributed by atoms with Gasteiger partial charge in [0, 0.05) is 25.2 Å². The van der Waals surface area contributed by atoms with Crippen molar-refractivity contribution in [1.82, 2.24) is 20.2 Å². The molecule has 0 bridgehead atoms. The van der Waals surface area contributed by atoms with Gasteiger partial charge in [-0.25, -0.2) is 9.78 Å². The maximum atomic E-state index is 12.0. The molecule has 3 N–H and O–H groups in total. The number of likely N-dealkylation sites (tertiary alicyclic amines) is 1. The Morgan fingerprint density at radius 3 is 2.96 bits per heavy atom. The number of rotatable bonds is 4. The van der Waals surface area contributed by atoms with Crippen LogP contribution in [0.15, 0.2) is 18.2 Å². The van der Waals surface area contributed by atoms with Gasteiger partial charge in [-0.2, -0.15) is 0 Å². The number of hydrogen-bond acceptors (Lipinski definition) is 5. The molecule has 2 amide bonds. The second-order valence-corrected chi connectivity index (χ2v) is 5.57. The zero-order chi connectivity index (χ0) is 17.3. The Balaban J connectivity index is 1.62. The van der Waals surface area contributed by atoms with E-state index >= 15 is 0 Å². The number of benzene rings is 1. The summed E-state index contributed by atoms with van der Waals surface area (Å²) in [7, 11) is 0. The molecule has 0 radical (unpaired) electrons. The number of H-pyrrole nitrogens is 1. The third kappa shape index (κ3) is 3.12. The number of non-ortho nitro benzene ring substituents is 1. The molecule has 1 fully saturated rings. The predicted molar refractivity (Wildman–Crippen MR) is 82.3 cm³/mol. The molecule has 1 atom stereocenters. The molecule has 1 saturated heterocycles. The normalized spacial score (nSPS) is 17.2. The number of aromatic nitrogens is 2. The monoisotopic (exact) mass is 333 g/mol. The molecular weight excluding hydrogens is 318 g/mol. The first-order valence-electron chi connectivity index (χ1n) is 7.32. The van der Waals surface area contributed by atoms with Crippen molar-refractivity contribution in [1.29, 1.82) is 0 Å². The minimum atomic E-state index is -0.899. The summed E-state index contributed by atoms with van der Waals surface area (Å²) in [6.45, 7) is 0.707. The van der Waals surface area contributed by atoms with E-state index in [4.69, 9.17) is 5.11 Å². The van der Waals surface area contributed by atoms with Crippen molar-refractivity contribution in [3.63, 3.8) is 0 Å². The van der Waals surface area contributed by atoms with Crippen LogP contribution in [0.25, 0.3) is 11.0 Å². The van der Waals surface area contributed by atoms with Crippen LogP contribution >= 0.6 is 0 Å². The lowest BCUT2D eigenvalue weighted by Crippen LogP contribution is -2.38. The maximum Gasteiger partial charge on any atom is 0.317 e. The van der Waals surface area contributed by atoms with E-state index in [1.54, 1.807) is 0 Å². The number of nitro groups is 1. The van der Waals surface area contributed by atoms with E-state index in [9.17, 15) is 19.7 Å². The molecule has 0 saturated carbocycles. The van der Waals surface area contributed by atoms with Crippen molar-refractivity contribution in [3.05, 3.63) is 34.1 Å². The van der Waals surface area contributed by atoms with Crippen LogP contribution in [0.1, 0.15) is 12.2 Å². The van der Waals surface area contributed by atoms with Crippen LogP contribution in [0.5, 0.6) is 0 Å². The first-order valence-corrected chi connectivity index (χ1v) is 7.32. The molecule has 1 aliphatic rings. The summed E-state index contributed by atoms with van der Waals surface area (Å²) in [5.74, 6) is -0.959. The molecule has 1 aliphatic heterocycles. The highest BCUT2D eigenvalue weighted by Gasteiger charge is 2.30. The molecular formula is C14H15N5O5. The summed E-state index contributed by atoms with van der Waals surface area (Å²) < 4.78 is 0. The van der Waals surface area contributed by atoms with E-state index < -0.39 is 16.8 Å². The van der Waals surface area contributed by atoms with Gasteiger partial charge in [0.15, 0.2) is 0 Å². The molecule has 1 unspecified atom stereocenters. The molecule has 2 heterocycles. The van der Waals surface area contributed by atoms with Crippen molar-refractivity contribution in [2.24, 2.45) is 5.92 Å². The van der Waals surface area contributed by atoms with E-state index in [0.29, 0.717) is 29.8 Å². The van der Waals surface area contributed by atoms with E-state index in [1.165, 1.54) is 23.1 Å². The summed E-state index contributed by atoms with van der Waals surface area (Å²) in [6.07, 6.45) is 0.442. The number of aliphatic carboxylic acids is 1. The van der Waals surface area contributed by atoms with Crippen LogP contribution in [0, 0.1) is 16.0 Å². The molecule has 10 heteroatoms. The third-order valence-electron chi connectivity index (χ3n) is 3.96. The fourth-order valence-corrected chi connectivity index (χ4v) is 2.67. The summed E-state index contributed by atoms with van der Waals surface area (Å²) in [5.41, 5.74) is 1.04. The van der Waals surface area contributed by atoms with E-state index in [0.717, 1.165) is 0 Å². The standard InChI is InChI=1S/C14H15N5O5/c20-13(21)8-3-4-18(7-8)14(22)15-6-12-16-10-2-1-9(19(23)24)5-11(10)17-12/h1-2,5,8H,3-4,6-7H2,(H,15,22)(H,16,17)(H,20,21). The van der Waals surface area contributed by atoms with Crippen LogP contribution in [0.3, 0.4) is 0 Å². The first kappa shape index (κ1) is 15.7. The number of carboxylic acid groups (broad SMARTS) is 1. The maximum absolute atomic E-state index is 12.0. The Hall–Kier alpha value is -3.17. The van der Waals surface area contributed by atoms with Gasteiger partial charge in [-0.1, -0.05) is 0 Å². The van der Waals surface area contributed by atoms with Gasteiger partial charge in [-0.3, -0.25) is 14.9 Å². The van der Waals surface area contributed by atoms with Crippen LogP contribution in [-0.4, -0.2) is 50.0 Å². The van der Waals surface area contributed by atoms with Crippen LogP contribution in [-0.2, 0) is 11.3 Å². The smallest absolute Gasteiger partial charge is 0.317 e. The van der Waals surface area contributed by atoms with Crippen molar-refractivity contribution < 1.29 is 19.6 Å². The molecule has 0 aliphatic carbocycles. The van der Waals surface area contributed by atoms with E-state index in [2.05, 4.69) is 15.3 Å². The molecule has 10 nitrogen and oxygen atoms in total. The summed E-state index contributed by atoms with van der Waals surface area (Å²) in [5, 5.41) is 22.4. The van der Waals surface area contributed by atoms with Gasteiger partial charge in [-0.05, 0) is 12.5 Å². The Morgan fingerprint density at radius 2 is 2.29 bits per heavy atom. The number of nitrogens with one attached hydrogen (secondary N) is 2. The molecule has 2 aromatic rings. The first-order chi connectivity index (χ1) is 11.4. The number of carbonyl (C=O) groups excluding carboxylic acids is 1. The second-order valence-electron chi connectivity index (χ2n) is 5.57. The van der Waals surface area contributed by atoms with Gasteiger partial charge in [0.1, 0.15) is 5.82 Å². The Bertz CT molecular complexity index is 817. The average molecular weight is 333 g/mol. The van der Waals surface area contributed by atoms with Gasteiger partial charge in [0.05, 0.1) is 28.4 Å². The quantitative estimate of drug-likeness (QED) is 0.565. The fourth-order valence-electron chi connectivity index (χ4n) is 2.67. The molecule has 1 aromatic heterocycles. The molecule has 126 valence electrons. The Kier molecular flexibility index (Phi) is 4.02. The van der Waals surface area contributed by atoms with Gasteiger partial charge >= 0.3 is 12.0 Å². The van der Waals surface area contributed by atoms with Crippen molar-refractivity contribution in [2.45, 2.75) is 13.0 Å². The molecule has 0 spiro atoms. The van der Waals surface area contributed by atoms with Gasteiger partial charge in [-0.15, -0.1) is 0 Å². The third-order valence-corrected chi connectivity index (χ3v) is 3.96. The van der Waals surface area contributed by atoms with Crippen LogP contribution < -0.4 is 5.32 Å². The Labute approximate surface area is 135 Å². The summed E-state index contributed by atoms with van der Waals surface area (Å²) >= 11 is 0. The van der Waals surface area contributed by atoms with Crippen molar-refractivity contribution in [3.8, 4) is 0 Å². The highest BCUT2D eigenvalue weighted by Crippen LogP contribution is 2.19. The second kappa shape index (κ2) is 6.14. The van der Waals surface area contributed by atoms with Gasteiger partial charge in [0.2, 0.25) is 0 Å². The number of nitro benzene ring substituents is 1. The number of carboxylic acids is 1. The lowest BCUT2D eigenvalue weighted by Gasteiger charge is -2.16. The van der Waals surface area contributed by atoms with Gasteiger partial charge < -0.3 is 20.3 Å². The molecule has 3 rings (SSSR count). The number of urea groups is 1. The van der Waals surface area contributed by atoms with E-state index in [1.807, 2.05) is 0 Å². The number of amides is 2. The highest BCUT2D eigenvalue weighted by atomic mass is 16.6. The average Bonchev–Trinajstić information content (AvgIpc) is 3.18. The van der Waals surface area contributed by atoms with Crippen molar-refractivity contribution in [2.75, 3.05) is 13.1 Å². The number of fused-ring (bicyclic) bond motifs is 1. The zero-order valence-corrected chi connectivity index (χ0v) is 12.6. The minimum absolute atomic E-state index is 0.0430. The lowest BCUT2D eigenvalue weighted by atomic mass is 10.1. The number of aromatic amines is 1. The van der Waals surface area contributed by atoms with Crippen LogP contribution in [0.2, 0.25) is 0 Å². The van der Waals surface area contributed by atoms with Crippen molar-refractivity contribution >= 4 is 28.7 Å². The largest absolute Gasteiger partial charge is 0.481 e. The SMILES string of the molecule is O=C(O)C1CCN(C(=O)NCc2nc3ccc([N+](=O)[O-])cc3[nH]2)C1. The molecule has 24 heavy (non-hydrogen) atoms. The van der Waals surface area contributed by atoms with Gasteiger partial charge in [0.25, 0.3) is 5.69 Å². The van der Waals surface area contributed by atoms with E-state index in [-0.39, 0.29) is 24.8 Å². The minimum Gasteiger partial charge on any atom is -0.481 e. The number of carbonyl (C=O) groups is 2. The summed E-state index contributed by atoms with van der Waals surface area (Å²) in [6, 6.07) is 3.92. The Morgan fingerprint density at radius 1 is 1.50 bits per heavy atom. The lowest BCUT2D eigenvalue weighted by molar-refractivity contribution is -0.384. The number of nitrogens with zero attached hydrogens (tertiary/aromatic N) is 3. The zero-order valence-electron chi connectivity index (χ0n) is 12.6. The topological polar surface area (TPSA) is 141 Å². The number of hydrogen-bond donors (Lipinski definition) is 3.